The van der Waals surface area contributed by atoms with Crippen LogP contribution in [0.5, 0.6) is 5.75 Å². The number of halogens is 1. The van der Waals surface area contributed by atoms with E-state index in [1.54, 1.807) is 7.11 Å². The highest BCUT2D eigenvalue weighted by atomic mass is 35.5. The van der Waals surface area contributed by atoms with Crippen molar-refractivity contribution in [2.45, 2.75) is 25.8 Å². The quantitative estimate of drug-likeness (QED) is 0.751. The lowest BCUT2D eigenvalue weighted by Gasteiger charge is -2.17. The van der Waals surface area contributed by atoms with Crippen LogP contribution >= 0.6 is 11.6 Å². The Balaban J connectivity index is 2.77. The van der Waals surface area contributed by atoms with Crippen LogP contribution in [0.4, 0.5) is 0 Å². The van der Waals surface area contributed by atoms with E-state index in [4.69, 9.17) is 16.3 Å². The van der Waals surface area contributed by atoms with E-state index >= 15 is 0 Å². The van der Waals surface area contributed by atoms with Crippen LogP contribution < -0.4 is 9.46 Å². The van der Waals surface area contributed by atoms with Gasteiger partial charge in [-0.3, -0.25) is 0 Å². The van der Waals surface area contributed by atoms with Crippen LogP contribution in [-0.4, -0.2) is 27.2 Å². The molecule has 0 aliphatic heterocycles. The third kappa shape index (κ3) is 5.38. The van der Waals surface area contributed by atoms with Crippen molar-refractivity contribution < 1.29 is 13.2 Å². The van der Waals surface area contributed by atoms with Gasteiger partial charge in [0.1, 0.15) is 5.75 Å². The number of alkyl halides is 1. The van der Waals surface area contributed by atoms with E-state index in [0.717, 1.165) is 11.3 Å². The third-order valence-corrected chi connectivity index (χ3v) is 4.53. The van der Waals surface area contributed by atoms with Gasteiger partial charge in [-0.1, -0.05) is 19.1 Å². The monoisotopic (exact) mass is 305 g/mol. The molecule has 6 heteroatoms. The molecule has 0 aromatic heterocycles. The van der Waals surface area contributed by atoms with Crippen LogP contribution in [0.1, 0.15) is 31.4 Å². The van der Waals surface area contributed by atoms with Crippen molar-refractivity contribution in [2.75, 3.05) is 18.7 Å². The van der Waals surface area contributed by atoms with Gasteiger partial charge in [0.15, 0.2) is 0 Å². The predicted octanol–water partition coefficient (Wildman–Crippen LogP) is 2.69. The molecule has 0 fully saturated rings. The van der Waals surface area contributed by atoms with Gasteiger partial charge in [-0.15, -0.1) is 11.6 Å². The van der Waals surface area contributed by atoms with Crippen molar-refractivity contribution in [3.8, 4) is 5.75 Å². The molecule has 0 saturated carbocycles. The van der Waals surface area contributed by atoms with Gasteiger partial charge in [0.05, 0.1) is 12.9 Å². The van der Waals surface area contributed by atoms with Gasteiger partial charge < -0.3 is 4.74 Å². The fourth-order valence-corrected chi connectivity index (χ4v) is 3.41. The fraction of sp³-hybridized carbons (Fsp3) is 0.538. The Labute approximate surface area is 120 Å². The standard InChI is InChI=1S/C13H20ClNO3S/c1-3-13(15-19(16,17)10-4-9-14)11-5-7-12(18-2)8-6-11/h5-8,13,15H,3-4,9-10H2,1-2H3. The van der Waals surface area contributed by atoms with Crippen molar-refractivity contribution in [2.24, 2.45) is 0 Å². The van der Waals surface area contributed by atoms with Gasteiger partial charge in [0.25, 0.3) is 0 Å². The lowest BCUT2D eigenvalue weighted by Crippen LogP contribution is -2.30. The van der Waals surface area contributed by atoms with Gasteiger partial charge in [-0.25, -0.2) is 13.1 Å². The molecule has 0 amide bonds. The Morgan fingerprint density at radius 3 is 2.42 bits per heavy atom. The van der Waals surface area contributed by atoms with Crippen molar-refractivity contribution in [3.63, 3.8) is 0 Å². The minimum atomic E-state index is -3.28. The van der Waals surface area contributed by atoms with Crippen molar-refractivity contribution in [3.05, 3.63) is 29.8 Å². The summed E-state index contributed by atoms with van der Waals surface area (Å²) >= 11 is 5.52. The highest BCUT2D eigenvalue weighted by molar-refractivity contribution is 7.89. The van der Waals surface area contributed by atoms with E-state index in [-0.39, 0.29) is 11.8 Å². The molecular formula is C13H20ClNO3S. The van der Waals surface area contributed by atoms with E-state index in [1.165, 1.54) is 0 Å². The van der Waals surface area contributed by atoms with Crippen molar-refractivity contribution >= 4 is 21.6 Å². The largest absolute Gasteiger partial charge is 0.497 e. The minimum absolute atomic E-state index is 0.0587. The molecule has 0 spiro atoms. The zero-order valence-electron chi connectivity index (χ0n) is 11.2. The first kappa shape index (κ1) is 16.3. The average Bonchev–Trinajstić information content (AvgIpc) is 2.43. The molecule has 1 unspecified atom stereocenters. The number of rotatable bonds is 8. The molecule has 1 rings (SSSR count). The smallest absolute Gasteiger partial charge is 0.212 e. The normalized spacial score (nSPS) is 13.2. The van der Waals surface area contributed by atoms with Gasteiger partial charge in [0, 0.05) is 11.9 Å². The van der Waals surface area contributed by atoms with Crippen LogP contribution in [0.25, 0.3) is 0 Å². The molecule has 0 aliphatic rings. The Bertz CT molecular complexity index is 473. The first-order chi connectivity index (χ1) is 9.02. The number of hydrogen-bond donors (Lipinski definition) is 1. The maximum atomic E-state index is 11.9. The number of ether oxygens (including phenoxy) is 1. The summed E-state index contributed by atoms with van der Waals surface area (Å²) in [6.45, 7) is 1.94. The predicted molar refractivity (Wildman–Crippen MR) is 78.3 cm³/mol. The summed E-state index contributed by atoms with van der Waals surface area (Å²) in [5.41, 5.74) is 0.928. The molecule has 0 saturated heterocycles. The Morgan fingerprint density at radius 1 is 1.32 bits per heavy atom. The highest BCUT2D eigenvalue weighted by Gasteiger charge is 2.17. The van der Waals surface area contributed by atoms with E-state index in [1.807, 2.05) is 31.2 Å². The van der Waals surface area contributed by atoms with Crippen molar-refractivity contribution in [1.29, 1.82) is 0 Å². The van der Waals surface area contributed by atoms with E-state index in [0.29, 0.717) is 18.7 Å². The SMILES string of the molecule is CCC(NS(=O)(=O)CCCCl)c1ccc(OC)cc1. The fourth-order valence-electron chi connectivity index (χ4n) is 1.74. The zero-order valence-corrected chi connectivity index (χ0v) is 12.8. The summed E-state index contributed by atoms with van der Waals surface area (Å²) in [5.74, 6) is 1.16. The minimum Gasteiger partial charge on any atom is -0.497 e. The van der Waals surface area contributed by atoms with E-state index in [9.17, 15) is 8.42 Å². The summed E-state index contributed by atoms with van der Waals surface area (Å²) in [7, 11) is -1.69. The number of benzene rings is 1. The molecular weight excluding hydrogens is 286 g/mol. The molecule has 0 bridgehead atoms. The second-order valence-corrected chi connectivity index (χ2v) is 6.46. The molecule has 1 aromatic rings. The lowest BCUT2D eigenvalue weighted by molar-refractivity contribution is 0.414. The number of sulfonamides is 1. The summed E-state index contributed by atoms with van der Waals surface area (Å²) in [6, 6.07) is 7.18. The summed E-state index contributed by atoms with van der Waals surface area (Å²) in [4.78, 5) is 0. The van der Waals surface area contributed by atoms with Gasteiger partial charge in [-0.2, -0.15) is 0 Å². The molecule has 1 atom stereocenters. The van der Waals surface area contributed by atoms with Crippen LogP contribution in [-0.2, 0) is 10.0 Å². The number of methoxy groups -OCH3 is 1. The molecule has 0 heterocycles. The first-order valence-electron chi connectivity index (χ1n) is 6.22. The van der Waals surface area contributed by atoms with E-state index < -0.39 is 10.0 Å². The number of hydrogen-bond acceptors (Lipinski definition) is 3. The second kappa shape index (κ2) is 7.72. The van der Waals surface area contributed by atoms with Gasteiger partial charge >= 0.3 is 0 Å². The van der Waals surface area contributed by atoms with Crippen LogP contribution in [0.3, 0.4) is 0 Å². The molecule has 1 N–H and O–H groups in total. The second-order valence-electron chi connectivity index (χ2n) is 4.21. The van der Waals surface area contributed by atoms with Crippen LogP contribution in [0.2, 0.25) is 0 Å². The molecule has 1 aromatic carbocycles. The van der Waals surface area contributed by atoms with Crippen molar-refractivity contribution in [1.82, 2.24) is 4.72 Å². The summed E-state index contributed by atoms with van der Waals surface area (Å²) in [6.07, 6.45) is 1.14. The third-order valence-electron chi connectivity index (χ3n) is 2.79. The molecule has 19 heavy (non-hydrogen) atoms. The highest BCUT2D eigenvalue weighted by Crippen LogP contribution is 2.21. The summed E-state index contributed by atoms with van der Waals surface area (Å²) < 4.78 is 31.5. The maximum Gasteiger partial charge on any atom is 0.212 e. The van der Waals surface area contributed by atoms with Crippen LogP contribution in [0.15, 0.2) is 24.3 Å². The zero-order chi connectivity index (χ0) is 14.3. The van der Waals surface area contributed by atoms with Gasteiger partial charge in [0.2, 0.25) is 10.0 Å². The van der Waals surface area contributed by atoms with E-state index in [2.05, 4.69) is 4.72 Å². The first-order valence-corrected chi connectivity index (χ1v) is 8.41. The topological polar surface area (TPSA) is 55.4 Å². The maximum absolute atomic E-state index is 11.9. The average molecular weight is 306 g/mol. The number of nitrogens with one attached hydrogen (secondary N) is 1. The summed E-state index contributed by atoms with van der Waals surface area (Å²) in [5, 5.41) is 0. The van der Waals surface area contributed by atoms with Gasteiger partial charge in [-0.05, 0) is 30.5 Å². The Kier molecular flexibility index (Phi) is 6.62. The molecule has 108 valence electrons. The lowest BCUT2D eigenvalue weighted by atomic mass is 10.1. The molecule has 4 nitrogen and oxygen atoms in total. The Morgan fingerprint density at radius 2 is 1.95 bits per heavy atom. The molecule has 0 aliphatic carbocycles. The molecule has 0 radical (unpaired) electrons. The Hall–Kier alpha value is -0.780. The van der Waals surface area contributed by atoms with Crippen LogP contribution in [0, 0.1) is 0 Å².